The fraction of sp³-hybridized carbons (Fsp3) is 0.688. The molecule has 0 bridgehead atoms. The Bertz CT molecular complexity index is 572. The number of carbonyl (C=O) groups excluding carboxylic acids is 2. The summed E-state index contributed by atoms with van der Waals surface area (Å²) in [5.41, 5.74) is 0.361. The first kappa shape index (κ1) is 15.8. The zero-order valence-electron chi connectivity index (χ0n) is 13.6. The van der Waals surface area contributed by atoms with Crippen molar-refractivity contribution in [2.75, 3.05) is 13.1 Å². The average Bonchev–Trinajstić information content (AvgIpc) is 3.26. The summed E-state index contributed by atoms with van der Waals surface area (Å²) in [6.07, 6.45) is 6.51. The second-order valence-corrected chi connectivity index (χ2v) is 6.32. The number of likely N-dealkylation sites (tertiary alicyclic amines) is 1. The largest absolute Gasteiger partial charge is 0.443 e. The smallest absolute Gasteiger partial charge is 0.315 e. The van der Waals surface area contributed by atoms with Crippen LogP contribution in [0.25, 0.3) is 0 Å². The predicted octanol–water partition coefficient (Wildman–Crippen LogP) is 1.96. The van der Waals surface area contributed by atoms with Crippen LogP contribution >= 0.6 is 0 Å². The first-order valence-corrected chi connectivity index (χ1v) is 8.43. The second-order valence-electron chi connectivity index (χ2n) is 6.32. The second kappa shape index (κ2) is 7.02. The van der Waals surface area contributed by atoms with Crippen LogP contribution in [-0.2, 0) is 6.54 Å². The number of rotatable bonds is 4. The first-order valence-electron chi connectivity index (χ1n) is 8.43. The Morgan fingerprint density at radius 3 is 2.61 bits per heavy atom. The molecule has 3 amide bonds. The van der Waals surface area contributed by atoms with Gasteiger partial charge < -0.3 is 20.0 Å². The number of nitrogens with zero attached hydrogens (tertiary/aromatic N) is 2. The van der Waals surface area contributed by atoms with Gasteiger partial charge in [0.2, 0.25) is 5.89 Å². The molecular formula is C16H24N4O3. The van der Waals surface area contributed by atoms with Crippen LogP contribution in [0.15, 0.2) is 4.42 Å². The van der Waals surface area contributed by atoms with Gasteiger partial charge in [0.05, 0.1) is 6.54 Å². The number of hydrogen-bond acceptors (Lipinski definition) is 4. The number of amides is 3. The fourth-order valence-corrected chi connectivity index (χ4v) is 3.26. The molecule has 0 unspecified atom stereocenters. The van der Waals surface area contributed by atoms with Gasteiger partial charge in [0, 0.05) is 19.1 Å². The molecule has 3 rings (SSSR count). The van der Waals surface area contributed by atoms with Crippen LogP contribution in [0.4, 0.5) is 4.79 Å². The van der Waals surface area contributed by atoms with Gasteiger partial charge in [-0.2, -0.15) is 0 Å². The van der Waals surface area contributed by atoms with Crippen molar-refractivity contribution in [2.24, 2.45) is 0 Å². The minimum atomic E-state index is -0.208. The van der Waals surface area contributed by atoms with Gasteiger partial charge in [0.25, 0.3) is 5.91 Å². The lowest BCUT2D eigenvalue weighted by atomic mass is 10.2. The van der Waals surface area contributed by atoms with Gasteiger partial charge in [-0.1, -0.05) is 12.8 Å². The van der Waals surface area contributed by atoms with Crippen LogP contribution in [0.2, 0.25) is 0 Å². The summed E-state index contributed by atoms with van der Waals surface area (Å²) >= 11 is 0. The highest BCUT2D eigenvalue weighted by Gasteiger charge is 2.25. The third-order valence-electron chi connectivity index (χ3n) is 4.53. The van der Waals surface area contributed by atoms with E-state index in [9.17, 15) is 9.59 Å². The maximum absolute atomic E-state index is 12.4. The van der Waals surface area contributed by atoms with Crippen molar-refractivity contribution >= 4 is 11.9 Å². The van der Waals surface area contributed by atoms with Crippen LogP contribution < -0.4 is 10.6 Å². The highest BCUT2D eigenvalue weighted by Crippen LogP contribution is 2.18. The summed E-state index contributed by atoms with van der Waals surface area (Å²) in [7, 11) is 0. The molecule has 7 heteroatoms. The molecule has 0 radical (unpaired) electrons. The van der Waals surface area contributed by atoms with Gasteiger partial charge >= 0.3 is 6.03 Å². The molecule has 0 spiro atoms. The van der Waals surface area contributed by atoms with Gasteiger partial charge in [-0.3, -0.25) is 4.79 Å². The molecule has 1 aromatic heterocycles. The van der Waals surface area contributed by atoms with Crippen molar-refractivity contribution in [1.82, 2.24) is 20.5 Å². The molecule has 0 atom stereocenters. The maximum atomic E-state index is 12.4. The van der Waals surface area contributed by atoms with Crippen LogP contribution in [0.1, 0.15) is 60.7 Å². The average molecular weight is 320 g/mol. The Hall–Kier alpha value is -2.05. The van der Waals surface area contributed by atoms with E-state index in [0.717, 1.165) is 38.8 Å². The number of urea groups is 1. The molecule has 126 valence electrons. The third-order valence-corrected chi connectivity index (χ3v) is 4.53. The lowest BCUT2D eigenvalue weighted by Crippen LogP contribution is -2.40. The van der Waals surface area contributed by atoms with Crippen LogP contribution in [0, 0.1) is 6.92 Å². The normalized spacial score (nSPS) is 18.4. The molecule has 7 nitrogen and oxygen atoms in total. The van der Waals surface area contributed by atoms with Crippen molar-refractivity contribution < 1.29 is 14.0 Å². The van der Waals surface area contributed by atoms with Gasteiger partial charge in [0.1, 0.15) is 5.76 Å². The van der Waals surface area contributed by atoms with Crippen molar-refractivity contribution in [3.05, 3.63) is 17.3 Å². The first-order chi connectivity index (χ1) is 11.1. The zero-order chi connectivity index (χ0) is 16.2. The summed E-state index contributed by atoms with van der Waals surface area (Å²) in [5, 5.41) is 5.69. The summed E-state index contributed by atoms with van der Waals surface area (Å²) in [4.78, 5) is 30.3. The van der Waals surface area contributed by atoms with Gasteiger partial charge in [-0.15, -0.1) is 0 Å². The van der Waals surface area contributed by atoms with E-state index in [1.165, 1.54) is 12.8 Å². The molecule has 1 saturated carbocycles. The van der Waals surface area contributed by atoms with Crippen LogP contribution in [-0.4, -0.2) is 41.0 Å². The van der Waals surface area contributed by atoms with Crippen LogP contribution in [0.3, 0.4) is 0 Å². The number of aryl methyl sites for hydroxylation is 1. The maximum Gasteiger partial charge on any atom is 0.315 e. The molecule has 1 aliphatic heterocycles. The van der Waals surface area contributed by atoms with E-state index in [4.69, 9.17) is 4.42 Å². The summed E-state index contributed by atoms with van der Waals surface area (Å²) in [6.45, 7) is 3.48. The zero-order valence-corrected chi connectivity index (χ0v) is 13.6. The molecule has 1 aromatic rings. The Labute approximate surface area is 135 Å². The Balaban J connectivity index is 1.53. The Morgan fingerprint density at radius 2 is 1.91 bits per heavy atom. The summed E-state index contributed by atoms with van der Waals surface area (Å²) in [5.74, 6) is 0.798. The van der Waals surface area contributed by atoms with E-state index < -0.39 is 0 Å². The van der Waals surface area contributed by atoms with Crippen molar-refractivity contribution in [2.45, 2.75) is 58.0 Å². The highest BCUT2D eigenvalue weighted by atomic mass is 16.4. The molecule has 2 fully saturated rings. The molecule has 1 saturated heterocycles. The Morgan fingerprint density at radius 1 is 1.22 bits per heavy atom. The number of oxazole rings is 1. The molecule has 2 N–H and O–H groups in total. The monoisotopic (exact) mass is 320 g/mol. The lowest BCUT2D eigenvalue weighted by Gasteiger charge is -2.13. The quantitative estimate of drug-likeness (QED) is 0.888. The molecule has 23 heavy (non-hydrogen) atoms. The van der Waals surface area contributed by atoms with E-state index in [1.807, 2.05) is 0 Å². The van der Waals surface area contributed by atoms with E-state index in [-0.39, 0.29) is 24.5 Å². The number of hydrogen-bond donors (Lipinski definition) is 2. The number of carbonyl (C=O) groups is 2. The summed E-state index contributed by atoms with van der Waals surface area (Å²) in [6, 6.07) is 0.0637. The Kier molecular flexibility index (Phi) is 4.83. The number of aromatic nitrogens is 1. The predicted molar refractivity (Wildman–Crippen MR) is 84.0 cm³/mol. The fourth-order valence-electron chi connectivity index (χ4n) is 3.26. The third kappa shape index (κ3) is 3.83. The van der Waals surface area contributed by atoms with Crippen molar-refractivity contribution in [3.8, 4) is 0 Å². The SMILES string of the molecule is Cc1oc(CNC(=O)NC2CCCC2)nc1C(=O)N1CCCC1. The molecular weight excluding hydrogens is 296 g/mol. The van der Waals surface area contributed by atoms with Gasteiger partial charge in [-0.25, -0.2) is 9.78 Å². The minimum absolute atomic E-state index is 0.0783. The van der Waals surface area contributed by atoms with E-state index >= 15 is 0 Å². The highest BCUT2D eigenvalue weighted by molar-refractivity contribution is 5.93. The van der Waals surface area contributed by atoms with E-state index in [1.54, 1.807) is 11.8 Å². The van der Waals surface area contributed by atoms with Crippen molar-refractivity contribution in [1.29, 1.82) is 0 Å². The van der Waals surface area contributed by atoms with E-state index in [0.29, 0.717) is 17.3 Å². The van der Waals surface area contributed by atoms with E-state index in [2.05, 4.69) is 15.6 Å². The lowest BCUT2D eigenvalue weighted by molar-refractivity contribution is 0.0786. The summed E-state index contributed by atoms with van der Waals surface area (Å²) < 4.78 is 5.51. The molecule has 2 heterocycles. The topological polar surface area (TPSA) is 87.5 Å². The molecule has 1 aliphatic carbocycles. The molecule has 0 aromatic carbocycles. The number of nitrogens with one attached hydrogen (secondary N) is 2. The minimum Gasteiger partial charge on any atom is -0.443 e. The standard InChI is InChI=1S/C16H24N4O3/c1-11-14(15(21)20-8-4-5-9-20)19-13(23-11)10-17-16(22)18-12-6-2-3-7-12/h12H,2-10H2,1H3,(H2,17,18,22). The van der Waals surface area contributed by atoms with Gasteiger partial charge in [0.15, 0.2) is 5.69 Å². The van der Waals surface area contributed by atoms with Crippen LogP contribution in [0.5, 0.6) is 0 Å². The molecule has 2 aliphatic rings. The van der Waals surface area contributed by atoms with Gasteiger partial charge in [-0.05, 0) is 32.6 Å². The van der Waals surface area contributed by atoms with Crippen molar-refractivity contribution in [3.63, 3.8) is 0 Å².